The van der Waals surface area contributed by atoms with Crippen LogP contribution in [0.4, 0.5) is 14.5 Å². The van der Waals surface area contributed by atoms with E-state index in [2.05, 4.69) is 5.32 Å². The van der Waals surface area contributed by atoms with Crippen LogP contribution in [-0.4, -0.2) is 26.0 Å². The van der Waals surface area contributed by atoms with E-state index in [-0.39, 0.29) is 0 Å². The zero-order chi connectivity index (χ0) is 11.1. The Morgan fingerprint density at radius 1 is 1.40 bits per heavy atom. The van der Waals surface area contributed by atoms with Crippen molar-refractivity contribution in [3.05, 3.63) is 24.3 Å². The molecule has 0 radical (unpaired) electrons. The highest BCUT2D eigenvalue weighted by atomic mass is 32.2. The van der Waals surface area contributed by atoms with Gasteiger partial charge in [-0.15, -0.1) is 0 Å². The van der Waals surface area contributed by atoms with Crippen LogP contribution in [0.1, 0.15) is 0 Å². The molecule has 0 amide bonds. The molecule has 1 aromatic carbocycles. The first kappa shape index (κ1) is 12.3. The van der Waals surface area contributed by atoms with E-state index < -0.39 is 5.76 Å². The number of halogens is 2. The highest BCUT2D eigenvalue weighted by Gasteiger charge is 2.08. The van der Waals surface area contributed by atoms with Crippen LogP contribution in [0, 0.1) is 0 Å². The number of hydrogen-bond acceptors (Lipinski definition) is 3. The van der Waals surface area contributed by atoms with Crippen molar-refractivity contribution in [3.8, 4) is 0 Å². The minimum Gasteiger partial charge on any atom is -0.383 e. The fourth-order valence-corrected chi connectivity index (χ4v) is 1.72. The molecule has 1 rings (SSSR count). The van der Waals surface area contributed by atoms with E-state index in [4.69, 9.17) is 4.74 Å². The predicted octanol–water partition coefficient (Wildman–Crippen LogP) is 3.06. The Morgan fingerprint density at radius 3 is 2.80 bits per heavy atom. The predicted molar refractivity (Wildman–Crippen MR) is 58.7 cm³/mol. The minimum absolute atomic E-state index is 0.546. The van der Waals surface area contributed by atoms with Gasteiger partial charge in [0, 0.05) is 24.2 Å². The molecular formula is C10H13F2NOS. The number of rotatable bonds is 6. The van der Waals surface area contributed by atoms with E-state index >= 15 is 0 Å². The molecule has 2 nitrogen and oxygen atoms in total. The summed E-state index contributed by atoms with van der Waals surface area (Å²) in [6.07, 6.45) is 0. The summed E-state index contributed by atoms with van der Waals surface area (Å²) in [6, 6.07) is 7.00. The van der Waals surface area contributed by atoms with Crippen LogP contribution in [0.25, 0.3) is 0 Å². The zero-order valence-electron chi connectivity index (χ0n) is 8.37. The molecule has 0 bridgehead atoms. The molecule has 0 aliphatic carbocycles. The summed E-state index contributed by atoms with van der Waals surface area (Å²) in [5.41, 5.74) is 0.722. The lowest BCUT2D eigenvalue weighted by molar-refractivity contribution is 0.210. The monoisotopic (exact) mass is 233 g/mol. The first-order valence-electron chi connectivity index (χ1n) is 4.50. The van der Waals surface area contributed by atoms with Crippen molar-refractivity contribution in [1.29, 1.82) is 0 Å². The van der Waals surface area contributed by atoms with Crippen LogP contribution in [0.5, 0.6) is 0 Å². The molecule has 5 heteroatoms. The molecule has 84 valence electrons. The van der Waals surface area contributed by atoms with Crippen LogP contribution in [-0.2, 0) is 4.74 Å². The molecule has 0 fully saturated rings. The third kappa shape index (κ3) is 4.48. The maximum Gasteiger partial charge on any atom is 0.288 e. The first-order chi connectivity index (χ1) is 7.24. The Morgan fingerprint density at radius 2 is 2.13 bits per heavy atom. The van der Waals surface area contributed by atoms with Gasteiger partial charge in [-0.05, 0) is 12.1 Å². The summed E-state index contributed by atoms with van der Waals surface area (Å²) < 4.78 is 29.3. The highest BCUT2D eigenvalue weighted by molar-refractivity contribution is 7.99. The lowest BCUT2D eigenvalue weighted by atomic mass is 10.3. The van der Waals surface area contributed by atoms with Gasteiger partial charge in [0.15, 0.2) is 0 Å². The molecule has 0 aliphatic heterocycles. The molecule has 15 heavy (non-hydrogen) atoms. The number of hydrogen-bond donors (Lipinski definition) is 1. The second-order valence-corrected chi connectivity index (χ2v) is 3.83. The Hall–Kier alpha value is -0.810. The molecule has 0 saturated carbocycles. The van der Waals surface area contributed by atoms with Crippen molar-refractivity contribution in [2.45, 2.75) is 10.7 Å². The molecule has 0 saturated heterocycles. The standard InChI is InChI=1S/C10H13F2NOS/c1-14-7-6-13-8-4-2-3-5-9(8)15-10(11)12/h2-5,10,13H,6-7H2,1H3. The zero-order valence-corrected chi connectivity index (χ0v) is 9.19. The number of para-hydroxylation sites is 1. The number of alkyl halides is 2. The quantitative estimate of drug-likeness (QED) is 0.602. The molecule has 1 N–H and O–H groups in total. The SMILES string of the molecule is COCCNc1ccccc1SC(F)F. The van der Waals surface area contributed by atoms with E-state index in [9.17, 15) is 8.78 Å². The summed E-state index contributed by atoms with van der Waals surface area (Å²) in [5.74, 6) is -2.39. The number of benzene rings is 1. The fourth-order valence-electron chi connectivity index (χ4n) is 1.10. The molecule has 0 aliphatic rings. The molecule has 0 spiro atoms. The summed E-state index contributed by atoms with van der Waals surface area (Å²) in [5, 5.41) is 3.04. The smallest absolute Gasteiger partial charge is 0.288 e. The van der Waals surface area contributed by atoms with E-state index in [1.807, 2.05) is 6.07 Å². The molecular weight excluding hydrogens is 220 g/mol. The van der Waals surface area contributed by atoms with Crippen LogP contribution in [0.2, 0.25) is 0 Å². The minimum atomic E-state index is -2.39. The van der Waals surface area contributed by atoms with Gasteiger partial charge in [0.2, 0.25) is 0 Å². The topological polar surface area (TPSA) is 21.3 Å². The highest BCUT2D eigenvalue weighted by Crippen LogP contribution is 2.31. The van der Waals surface area contributed by atoms with Crippen LogP contribution in [0.15, 0.2) is 29.2 Å². The summed E-state index contributed by atoms with van der Waals surface area (Å²) in [7, 11) is 1.60. The van der Waals surface area contributed by atoms with Gasteiger partial charge in [0.1, 0.15) is 0 Å². The van der Waals surface area contributed by atoms with Gasteiger partial charge in [-0.2, -0.15) is 8.78 Å². The molecule has 1 aromatic rings. The summed E-state index contributed by atoms with van der Waals surface area (Å²) >= 11 is 0.546. The number of ether oxygens (including phenoxy) is 1. The molecule has 0 aromatic heterocycles. The Kier molecular flexibility index (Phi) is 5.42. The van der Waals surface area contributed by atoms with Gasteiger partial charge in [0.05, 0.1) is 6.61 Å². The Labute approximate surface area is 92.0 Å². The number of methoxy groups -OCH3 is 1. The van der Waals surface area contributed by atoms with Gasteiger partial charge in [-0.1, -0.05) is 23.9 Å². The number of anilines is 1. The maximum absolute atomic E-state index is 12.2. The normalized spacial score (nSPS) is 10.7. The molecule has 0 heterocycles. The fraction of sp³-hybridized carbons (Fsp3) is 0.400. The average molecular weight is 233 g/mol. The van der Waals surface area contributed by atoms with Crippen molar-refractivity contribution >= 4 is 17.4 Å². The van der Waals surface area contributed by atoms with E-state index in [0.29, 0.717) is 29.8 Å². The van der Waals surface area contributed by atoms with Crippen LogP contribution in [0.3, 0.4) is 0 Å². The number of nitrogens with one attached hydrogen (secondary N) is 1. The maximum atomic E-state index is 12.2. The molecule has 0 atom stereocenters. The van der Waals surface area contributed by atoms with Crippen molar-refractivity contribution < 1.29 is 13.5 Å². The van der Waals surface area contributed by atoms with E-state index in [1.54, 1.807) is 25.3 Å². The molecule has 0 unspecified atom stereocenters. The van der Waals surface area contributed by atoms with Crippen LogP contribution >= 0.6 is 11.8 Å². The summed E-state index contributed by atoms with van der Waals surface area (Å²) in [4.78, 5) is 0.559. The van der Waals surface area contributed by atoms with Crippen molar-refractivity contribution in [2.24, 2.45) is 0 Å². The van der Waals surface area contributed by atoms with E-state index in [0.717, 1.165) is 5.69 Å². The second-order valence-electron chi connectivity index (χ2n) is 2.79. The lowest BCUT2D eigenvalue weighted by Crippen LogP contribution is -2.08. The number of thioether (sulfide) groups is 1. The van der Waals surface area contributed by atoms with E-state index in [1.165, 1.54) is 0 Å². The van der Waals surface area contributed by atoms with Gasteiger partial charge in [0.25, 0.3) is 5.76 Å². The van der Waals surface area contributed by atoms with Crippen molar-refractivity contribution in [2.75, 3.05) is 25.6 Å². The van der Waals surface area contributed by atoms with Gasteiger partial charge < -0.3 is 10.1 Å². The first-order valence-corrected chi connectivity index (χ1v) is 5.38. The third-order valence-corrected chi connectivity index (χ3v) is 2.51. The van der Waals surface area contributed by atoms with Gasteiger partial charge in [-0.25, -0.2) is 0 Å². The largest absolute Gasteiger partial charge is 0.383 e. The van der Waals surface area contributed by atoms with Crippen molar-refractivity contribution in [1.82, 2.24) is 0 Å². The van der Waals surface area contributed by atoms with Crippen LogP contribution < -0.4 is 5.32 Å². The second kappa shape index (κ2) is 6.63. The average Bonchev–Trinajstić information content (AvgIpc) is 2.20. The summed E-state index contributed by atoms with van der Waals surface area (Å²) in [6.45, 7) is 1.16. The Bertz CT molecular complexity index is 297. The lowest BCUT2D eigenvalue weighted by Gasteiger charge is -2.10. The van der Waals surface area contributed by atoms with Gasteiger partial charge >= 0.3 is 0 Å². The Balaban J connectivity index is 2.60. The third-order valence-electron chi connectivity index (χ3n) is 1.72. The van der Waals surface area contributed by atoms with Gasteiger partial charge in [-0.3, -0.25) is 0 Å². The van der Waals surface area contributed by atoms with Crippen molar-refractivity contribution in [3.63, 3.8) is 0 Å².